The minimum atomic E-state index is -0.654. The third kappa shape index (κ3) is 2.65. The summed E-state index contributed by atoms with van der Waals surface area (Å²) in [6, 6.07) is 0. The maximum Gasteiger partial charge on any atom is 0.308 e. The molecule has 1 fully saturated rings. The highest BCUT2D eigenvalue weighted by atomic mass is 16.7. The Kier molecular flexibility index (Phi) is 3.65. The number of carbonyl (C=O) groups excluding carboxylic acids is 1. The second-order valence-electron chi connectivity index (χ2n) is 2.96. The van der Waals surface area contributed by atoms with Crippen LogP contribution in [0.2, 0.25) is 0 Å². The summed E-state index contributed by atoms with van der Waals surface area (Å²) in [5.74, 6) is -0.414. The molecule has 1 rings (SSSR count). The SMILES string of the molecule is COC(OC)[C@@H]1C[C@H](O)CC(=O)O1. The first kappa shape index (κ1) is 10.4. The molecule has 0 saturated carbocycles. The highest BCUT2D eigenvalue weighted by Gasteiger charge is 2.33. The van der Waals surface area contributed by atoms with Crippen molar-refractivity contribution >= 4 is 5.97 Å². The van der Waals surface area contributed by atoms with E-state index < -0.39 is 24.5 Å². The Morgan fingerprint density at radius 3 is 2.62 bits per heavy atom. The van der Waals surface area contributed by atoms with Crippen LogP contribution < -0.4 is 0 Å². The number of rotatable bonds is 3. The lowest BCUT2D eigenvalue weighted by Crippen LogP contribution is -2.41. The van der Waals surface area contributed by atoms with Gasteiger partial charge in [0, 0.05) is 20.6 Å². The normalized spacial score (nSPS) is 29.1. The molecule has 1 saturated heterocycles. The Hall–Kier alpha value is -0.650. The number of ether oxygens (including phenoxy) is 3. The number of methoxy groups -OCH3 is 2. The lowest BCUT2D eigenvalue weighted by Gasteiger charge is -2.30. The Labute approximate surface area is 76.6 Å². The largest absolute Gasteiger partial charge is 0.457 e. The first-order valence-electron chi connectivity index (χ1n) is 4.10. The van der Waals surface area contributed by atoms with Crippen molar-refractivity contribution in [2.75, 3.05) is 14.2 Å². The molecule has 5 nitrogen and oxygen atoms in total. The van der Waals surface area contributed by atoms with Gasteiger partial charge in [0.2, 0.25) is 0 Å². The van der Waals surface area contributed by atoms with Gasteiger partial charge in [-0.1, -0.05) is 0 Å². The molecule has 0 aromatic carbocycles. The minimum Gasteiger partial charge on any atom is -0.457 e. The highest BCUT2D eigenvalue weighted by molar-refractivity contribution is 5.71. The number of hydrogen-bond donors (Lipinski definition) is 1. The van der Waals surface area contributed by atoms with Gasteiger partial charge in [0.1, 0.15) is 0 Å². The van der Waals surface area contributed by atoms with Crippen molar-refractivity contribution in [2.24, 2.45) is 0 Å². The second kappa shape index (κ2) is 4.55. The van der Waals surface area contributed by atoms with E-state index in [9.17, 15) is 9.90 Å². The zero-order valence-corrected chi connectivity index (χ0v) is 7.73. The average Bonchev–Trinajstić information content (AvgIpc) is 2.04. The number of carbonyl (C=O) groups is 1. The zero-order valence-electron chi connectivity index (χ0n) is 7.73. The molecule has 2 atom stereocenters. The molecule has 0 aliphatic carbocycles. The van der Waals surface area contributed by atoms with Gasteiger partial charge in [-0.05, 0) is 0 Å². The summed E-state index contributed by atoms with van der Waals surface area (Å²) >= 11 is 0. The first-order chi connectivity index (χ1) is 6.17. The molecule has 0 aromatic rings. The van der Waals surface area contributed by atoms with Crippen LogP contribution >= 0.6 is 0 Å². The summed E-state index contributed by atoms with van der Waals surface area (Å²) in [5.41, 5.74) is 0. The standard InChI is InChI=1S/C8H14O5/c1-11-8(12-2)6-3-5(9)4-7(10)13-6/h5-6,8-9H,3-4H2,1-2H3/t5-,6-/m0/s1. The van der Waals surface area contributed by atoms with Gasteiger partial charge in [0.25, 0.3) is 0 Å². The lowest BCUT2D eigenvalue weighted by atomic mass is 10.1. The Balaban J connectivity index is 2.53. The molecular weight excluding hydrogens is 176 g/mol. The molecule has 13 heavy (non-hydrogen) atoms. The van der Waals surface area contributed by atoms with Crippen LogP contribution in [-0.2, 0) is 19.0 Å². The van der Waals surface area contributed by atoms with E-state index >= 15 is 0 Å². The van der Waals surface area contributed by atoms with Gasteiger partial charge in [0.05, 0.1) is 12.5 Å². The third-order valence-electron chi connectivity index (χ3n) is 1.96. The van der Waals surface area contributed by atoms with Crippen molar-refractivity contribution in [1.29, 1.82) is 0 Å². The molecule has 1 heterocycles. The molecule has 0 amide bonds. The number of aliphatic hydroxyl groups excluding tert-OH is 1. The fourth-order valence-corrected chi connectivity index (χ4v) is 1.38. The zero-order chi connectivity index (χ0) is 9.84. The van der Waals surface area contributed by atoms with Gasteiger partial charge in [-0.15, -0.1) is 0 Å². The number of cyclic esters (lactones) is 1. The van der Waals surface area contributed by atoms with E-state index in [2.05, 4.69) is 0 Å². The molecule has 0 spiro atoms. The summed E-state index contributed by atoms with van der Waals surface area (Å²) in [7, 11) is 2.92. The van der Waals surface area contributed by atoms with Crippen LogP contribution in [0.3, 0.4) is 0 Å². The molecule has 0 radical (unpaired) electrons. The van der Waals surface area contributed by atoms with E-state index in [1.165, 1.54) is 14.2 Å². The molecule has 1 N–H and O–H groups in total. The molecule has 1 aliphatic heterocycles. The summed E-state index contributed by atoms with van der Waals surface area (Å²) in [4.78, 5) is 10.9. The number of hydrogen-bond acceptors (Lipinski definition) is 5. The minimum absolute atomic E-state index is 0.0522. The molecular formula is C8H14O5. The average molecular weight is 190 g/mol. The first-order valence-corrected chi connectivity index (χ1v) is 4.10. The van der Waals surface area contributed by atoms with Gasteiger partial charge < -0.3 is 19.3 Å². The van der Waals surface area contributed by atoms with Crippen molar-refractivity contribution < 1.29 is 24.1 Å². The Morgan fingerprint density at radius 2 is 2.15 bits per heavy atom. The van der Waals surface area contributed by atoms with Gasteiger partial charge in [-0.2, -0.15) is 0 Å². The van der Waals surface area contributed by atoms with Crippen LogP contribution in [0.15, 0.2) is 0 Å². The van der Waals surface area contributed by atoms with Gasteiger partial charge in [-0.3, -0.25) is 4.79 Å². The van der Waals surface area contributed by atoms with Crippen molar-refractivity contribution in [3.05, 3.63) is 0 Å². The van der Waals surface area contributed by atoms with E-state index in [0.29, 0.717) is 6.42 Å². The van der Waals surface area contributed by atoms with Crippen LogP contribution in [0, 0.1) is 0 Å². The highest BCUT2D eigenvalue weighted by Crippen LogP contribution is 2.19. The topological polar surface area (TPSA) is 65.0 Å². The molecule has 0 unspecified atom stereocenters. The quantitative estimate of drug-likeness (QED) is 0.487. The Morgan fingerprint density at radius 1 is 1.54 bits per heavy atom. The third-order valence-corrected chi connectivity index (χ3v) is 1.96. The predicted octanol–water partition coefficient (Wildman–Crippen LogP) is -0.328. The fourth-order valence-electron chi connectivity index (χ4n) is 1.38. The Bertz CT molecular complexity index is 177. The molecule has 76 valence electrons. The van der Waals surface area contributed by atoms with E-state index in [-0.39, 0.29) is 6.42 Å². The van der Waals surface area contributed by atoms with Crippen LogP contribution in [0.5, 0.6) is 0 Å². The van der Waals surface area contributed by atoms with Crippen molar-refractivity contribution in [3.8, 4) is 0 Å². The van der Waals surface area contributed by atoms with Crippen molar-refractivity contribution in [2.45, 2.75) is 31.3 Å². The van der Waals surface area contributed by atoms with Crippen LogP contribution in [0.1, 0.15) is 12.8 Å². The van der Waals surface area contributed by atoms with E-state index in [4.69, 9.17) is 14.2 Å². The second-order valence-corrected chi connectivity index (χ2v) is 2.96. The predicted molar refractivity (Wildman–Crippen MR) is 42.9 cm³/mol. The summed E-state index contributed by atoms with van der Waals surface area (Å²) in [6.07, 6.45) is -1.35. The van der Waals surface area contributed by atoms with Crippen molar-refractivity contribution in [1.82, 2.24) is 0 Å². The number of aliphatic hydroxyl groups is 1. The summed E-state index contributed by atoms with van der Waals surface area (Å²) < 4.78 is 14.8. The molecule has 1 aliphatic rings. The van der Waals surface area contributed by atoms with E-state index in [1.54, 1.807) is 0 Å². The van der Waals surface area contributed by atoms with Crippen LogP contribution in [-0.4, -0.2) is 43.8 Å². The molecule has 0 bridgehead atoms. The van der Waals surface area contributed by atoms with Crippen LogP contribution in [0.4, 0.5) is 0 Å². The van der Waals surface area contributed by atoms with E-state index in [1.807, 2.05) is 0 Å². The summed E-state index contributed by atoms with van der Waals surface area (Å²) in [5, 5.41) is 9.28. The molecule has 5 heteroatoms. The van der Waals surface area contributed by atoms with Crippen LogP contribution in [0.25, 0.3) is 0 Å². The van der Waals surface area contributed by atoms with E-state index in [0.717, 1.165) is 0 Å². The lowest BCUT2D eigenvalue weighted by molar-refractivity contribution is -0.207. The maximum atomic E-state index is 10.9. The smallest absolute Gasteiger partial charge is 0.308 e. The van der Waals surface area contributed by atoms with Gasteiger partial charge in [-0.25, -0.2) is 0 Å². The fraction of sp³-hybridized carbons (Fsp3) is 0.875. The van der Waals surface area contributed by atoms with Gasteiger partial charge in [0.15, 0.2) is 12.4 Å². The van der Waals surface area contributed by atoms with Crippen molar-refractivity contribution in [3.63, 3.8) is 0 Å². The monoisotopic (exact) mass is 190 g/mol. The summed E-state index contributed by atoms with van der Waals surface area (Å²) in [6.45, 7) is 0. The number of esters is 1. The molecule has 0 aromatic heterocycles. The van der Waals surface area contributed by atoms with Gasteiger partial charge >= 0.3 is 5.97 Å². The maximum absolute atomic E-state index is 10.9.